The second-order valence-electron chi connectivity index (χ2n) is 3.89. The number of rotatable bonds is 1. The van der Waals surface area contributed by atoms with Gasteiger partial charge in [0.05, 0.1) is 11.5 Å². The van der Waals surface area contributed by atoms with Crippen LogP contribution < -0.4 is 5.32 Å². The average Bonchev–Trinajstić information content (AvgIpc) is 2.43. The summed E-state index contributed by atoms with van der Waals surface area (Å²) in [6.07, 6.45) is 1.21. The molecule has 2 aliphatic rings. The van der Waals surface area contributed by atoms with Gasteiger partial charge >= 0.3 is 6.03 Å². The highest BCUT2D eigenvalue weighted by Gasteiger charge is 2.36. The Balaban J connectivity index is 2.11. The highest BCUT2D eigenvalue weighted by Crippen LogP contribution is 2.19. The van der Waals surface area contributed by atoms with E-state index < -0.39 is 15.9 Å². The summed E-state index contributed by atoms with van der Waals surface area (Å²) in [5.74, 6) is -0.191. The van der Waals surface area contributed by atoms with Crippen molar-refractivity contribution in [3.63, 3.8) is 0 Å². The van der Waals surface area contributed by atoms with Crippen molar-refractivity contribution in [1.29, 1.82) is 0 Å². The van der Waals surface area contributed by atoms with Crippen molar-refractivity contribution >= 4 is 21.8 Å². The van der Waals surface area contributed by atoms with Crippen LogP contribution in [0.15, 0.2) is 0 Å². The summed E-state index contributed by atoms with van der Waals surface area (Å²) < 4.78 is 22.7. The van der Waals surface area contributed by atoms with Gasteiger partial charge in [-0.25, -0.2) is 13.2 Å². The van der Waals surface area contributed by atoms with Crippen LogP contribution in [0.5, 0.6) is 0 Å². The van der Waals surface area contributed by atoms with E-state index in [1.807, 2.05) is 0 Å². The quantitative estimate of drug-likeness (QED) is 0.595. The SMILES string of the molecule is O=C1CN(C2CCCS(=O)(=O)C2)C(=O)N1. The fourth-order valence-corrected chi connectivity index (χ4v) is 3.70. The molecule has 2 saturated heterocycles. The molecule has 2 fully saturated rings. The zero-order valence-electron chi connectivity index (χ0n) is 8.10. The summed E-state index contributed by atoms with van der Waals surface area (Å²) in [6.45, 7) is -0.0149. The van der Waals surface area contributed by atoms with Crippen molar-refractivity contribution in [1.82, 2.24) is 10.2 Å². The molecule has 84 valence electrons. The first-order valence-corrected chi connectivity index (χ1v) is 6.61. The summed E-state index contributed by atoms with van der Waals surface area (Å²) in [4.78, 5) is 23.6. The Labute approximate surface area is 87.5 Å². The van der Waals surface area contributed by atoms with Crippen LogP contribution in [0.25, 0.3) is 0 Å². The molecule has 6 nitrogen and oxygen atoms in total. The summed E-state index contributed by atoms with van der Waals surface area (Å²) >= 11 is 0. The first-order valence-electron chi connectivity index (χ1n) is 4.79. The van der Waals surface area contributed by atoms with Gasteiger partial charge in [0.2, 0.25) is 5.91 Å². The van der Waals surface area contributed by atoms with E-state index in [0.29, 0.717) is 12.8 Å². The van der Waals surface area contributed by atoms with Crippen LogP contribution in [0, 0.1) is 0 Å². The van der Waals surface area contributed by atoms with E-state index in [9.17, 15) is 18.0 Å². The van der Waals surface area contributed by atoms with Gasteiger partial charge < -0.3 is 4.90 Å². The van der Waals surface area contributed by atoms with E-state index in [1.54, 1.807) is 0 Å². The monoisotopic (exact) mass is 232 g/mol. The van der Waals surface area contributed by atoms with Crippen molar-refractivity contribution in [2.45, 2.75) is 18.9 Å². The van der Waals surface area contributed by atoms with Crippen molar-refractivity contribution in [3.8, 4) is 0 Å². The molecule has 0 aromatic carbocycles. The maximum absolute atomic E-state index is 11.4. The molecular weight excluding hydrogens is 220 g/mol. The molecule has 1 N–H and O–H groups in total. The molecule has 2 aliphatic heterocycles. The summed E-state index contributed by atoms with van der Waals surface area (Å²) in [7, 11) is -3.04. The lowest BCUT2D eigenvalue weighted by atomic mass is 10.1. The van der Waals surface area contributed by atoms with Crippen LogP contribution in [-0.2, 0) is 14.6 Å². The molecule has 2 heterocycles. The molecule has 0 spiro atoms. The fraction of sp³-hybridized carbons (Fsp3) is 0.750. The lowest BCUT2D eigenvalue weighted by Crippen LogP contribution is -2.45. The molecule has 1 unspecified atom stereocenters. The topological polar surface area (TPSA) is 83.6 Å². The van der Waals surface area contributed by atoms with E-state index in [-0.39, 0.29) is 30.0 Å². The van der Waals surface area contributed by atoms with Crippen LogP contribution in [0.3, 0.4) is 0 Å². The molecule has 0 aliphatic carbocycles. The number of nitrogens with one attached hydrogen (secondary N) is 1. The largest absolute Gasteiger partial charge is 0.324 e. The van der Waals surface area contributed by atoms with Gasteiger partial charge in [-0.2, -0.15) is 0 Å². The number of imide groups is 1. The lowest BCUT2D eigenvalue weighted by molar-refractivity contribution is -0.118. The van der Waals surface area contributed by atoms with Gasteiger partial charge in [-0.05, 0) is 12.8 Å². The molecule has 0 aromatic rings. The van der Waals surface area contributed by atoms with Gasteiger partial charge in [0.15, 0.2) is 9.84 Å². The van der Waals surface area contributed by atoms with Gasteiger partial charge in [0.25, 0.3) is 0 Å². The summed E-state index contributed by atoms with van der Waals surface area (Å²) in [6, 6.07) is -0.808. The van der Waals surface area contributed by atoms with Crippen molar-refractivity contribution in [2.24, 2.45) is 0 Å². The Morgan fingerprint density at radius 3 is 2.60 bits per heavy atom. The zero-order chi connectivity index (χ0) is 11.1. The number of carbonyl (C=O) groups excluding carboxylic acids is 2. The highest BCUT2D eigenvalue weighted by molar-refractivity contribution is 7.91. The van der Waals surface area contributed by atoms with E-state index in [4.69, 9.17) is 0 Å². The Kier molecular flexibility index (Phi) is 2.41. The lowest BCUT2D eigenvalue weighted by Gasteiger charge is -2.28. The molecule has 3 amide bonds. The number of hydrogen-bond donors (Lipinski definition) is 1. The van der Waals surface area contributed by atoms with Gasteiger partial charge in [-0.1, -0.05) is 0 Å². The Hall–Kier alpha value is -1.11. The van der Waals surface area contributed by atoms with Crippen LogP contribution in [0.4, 0.5) is 4.79 Å². The molecule has 0 bridgehead atoms. The number of amides is 3. The van der Waals surface area contributed by atoms with Gasteiger partial charge in [0.1, 0.15) is 6.54 Å². The van der Waals surface area contributed by atoms with Crippen LogP contribution in [-0.4, -0.2) is 49.3 Å². The average molecular weight is 232 g/mol. The van der Waals surface area contributed by atoms with E-state index in [1.165, 1.54) is 4.90 Å². The molecular formula is C8H12N2O4S. The van der Waals surface area contributed by atoms with Crippen LogP contribution >= 0.6 is 0 Å². The number of sulfone groups is 1. The van der Waals surface area contributed by atoms with E-state index in [2.05, 4.69) is 5.32 Å². The predicted octanol–water partition coefficient (Wildman–Crippen LogP) is -0.885. The maximum Gasteiger partial charge on any atom is 0.324 e. The smallest absolute Gasteiger partial charge is 0.311 e. The third-order valence-electron chi connectivity index (χ3n) is 2.70. The Morgan fingerprint density at radius 2 is 2.07 bits per heavy atom. The molecule has 1 atom stereocenters. The molecule has 0 saturated carbocycles. The van der Waals surface area contributed by atoms with Gasteiger partial charge in [-0.15, -0.1) is 0 Å². The first-order chi connectivity index (χ1) is 6.98. The number of hydrogen-bond acceptors (Lipinski definition) is 4. The number of nitrogens with zero attached hydrogens (tertiary/aromatic N) is 1. The third kappa shape index (κ3) is 2.11. The molecule has 7 heteroatoms. The maximum atomic E-state index is 11.4. The minimum atomic E-state index is -3.04. The first kappa shape index (κ1) is 10.4. The normalized spacial score (nSPS) is 30.4. The minimum absolute atomic E-state index is 0.0149. The molecule has 0 aromatic heterocycles. The Bertz CT molecular complexity index is 403. The van der Waals surface area contributed by atoms with Crippen molar-refractivity contribution in [3.05, 3.63) is 0 Å². The number of urea groups is 1. The molecule has 0 radical (unpaired) electrons. The number of carbonyl (C=O) groups is 2. The molecule has 2 rings (SSSR count). The Morgan fingerprint density at radius 1 is 1.33 bits per heavy atom. The van der Waals surface area contributed by atoms with Gasteiger partial charge in [0, 0.05) is 6.04 Å². The molecule has 15 heavy (non-hydrogen) atoms. The van der Waals surface area contributed by atoms with Crippen molar-refractivity contribution in [2.75, 3.05) is 18.1 Å². The van der Waals surface area contributed by atoms with Gasteiger partial charge in [-0.3, -0.25) is 10.1 Å². The predicted molar refractivity (Wildman–Crippen MR) is 51.9 cm³/mol. The summed E-state index contributed by atoms with van der Waals surface area (Å²) in [5.41, 5.74) is 0. The van der Waals surface area contributed by atoms with E-state index in [0.717, 1.165) is 0 Å². The van der Waals surface area contributed by atoms with Crippen LogP contribution in [0.2, 0.25) is 0 Å². The standard InChI is InChI=1S/C8H12N2O4S/c11-7-4-10(8(12)9-7)6-2-1-3-15(13,14)5-6/h6H,1-5H2,(H,9,11,12). The highest BCUT2D eigenvalue weighted by atomic mass is 32.2. The third-order valence-corrected chi connectivity index (χ3v) is 4.50. The van der Waals surface area contributed by atoms with Crippen molar-refractivity contribution < 1.29 is 18.0 Å². The van der Waals surface area contributed by atoms with Crippen LogP contribution in [0.1, 0.15) is 12.8 Å². The van der Waals surface area contributed by atoms with E-state index >= 15 is 0 Å². The zero-order valence-corrected chi connectivity index (χ0v) is 8.92. The second kappa shape index (κ2) is 3.48. The fourth-order valence-electron chi connectivity index (χ4n) is 2.00. The minimum Gasteiger partial charge on any atom is -0.311 e. The summed E-state index contributed by atoms with van der Waals surface area (Å²) in [5, 5.41) is 2.14. The second-order valence-corrected chi connectivity index (χ2v) is 6.12.